The van der Waals surface area contributed by atoms with Gasteiger partial charge in [0.15, 0.2) is 6.29 Å². The van der Waals surface area contributed by atoms with Crippen LogP contribution in [0, 0.1) is 17.8 Å². The summed E-state index contributed by atoms with van der Waals surface area (Å²) in [7, 11) is -3.88. The van der Waals surface area contributed by atoms with Gasteiger partial charge in [0.1, 0.15) is 6.10 Å². The number of carbonyl (C=O) groups is 1. The normalized spacial score (nSPS) is 23.6. The van der Waals surface area contributed by atoms with E-state index in [2.05, 4.69) is 13.8 Å². The van der Waals surface area contributed by atoms with Crippen LogP contribution in [0.15, 0.2) is 35.2 Å². The molecule has 0 saturated heterocycles. The van der Waals surface area contributed by atoms with Gasteiger partial charge in [0.2, 0.25) is 0 Å². The number of hydrogen-bond acceptors (Lipinski definition) is 4. The molecule has 0 radical (unpaired) electrons. The maximum atomic E-state index is 12.3. The fourth-order valence-corrected chi connectivity index (χ4v) is 4.52. The Morgan fingerprint density at radius 2 is 1.74 bits per heavy atom. The van der Waals surface area contributed by atoms with E-state index < -0.39 is 16.2 Å². The first kappa shape index (κ1) is 18.1. The Labute approximate surface area is 139 Å². The second-order valence-corrected chi connectivity index (χ2v) is 8.45. The third-order valence-electron chi connectivity index (χ3n) is 4.56. The Bertz CT molecular complexity index is 587. The topological polar surface area (TPSA) is 60.4 Å². The maximum Gasteiger partial charge on any atom is 0.297 e. The van der Waals surface area contributed by atoms with Crippen molar-refractivity contribution >= 4 is 16.4 Å². The summed E-state index contributed by atoms with van der Waals surface area (Å²) >= 11 is 0. The standard InChI is InChI=1S/C18H26O4S/c1-14(2)12-15-8-10-16(11-9-15)18(13-19)22-23(20,21)17-6-4-3-5-7-17/h3-7,13-16,18H,8-12H2,1-2H3. The van der Waals surface area contributed by atoms with Crippen molar-refractivity contribution in [2.45, 2.75) is 57.0 Å². The first-order valence-electron chi connectivity index (χ1n) is 8.36. The van der Waals surface area contributed by atoms with Crippen molar-refractivity contribution in [3.63, 3.8) is 0 Å². The van der Waals surface area contributed by atoms with Crippen molar-refractivity contribution in [1.82, 2.24) is 0 Å². The van der Waals surface area contributed by atoms with Gasteiger partial charge in [-0.15, -0.1) is 0 Å². The van der Waals surface area contributed by atoms with Crippen molar-refractivity contribution < 1.29 is 17.4 Å². The second-order valence-electron chi connectivity index (χ2n) is 6.87. The Morgan fingerprint density at radius 3 is 2.26 bits per heavy atom. The van der Waals surface area contributed by atoms with E-state index in [1.165, 1.54) is 18.6 Å². The van der Waals surface area contributed by atoms with Crippen LogP contribution in [0.3, 0.4) is 0 Å². The van der Waals surface area contributed by atoms with E-state index >= 15 is 0 Å². The Kier molecular flexibility index (Phi) is 6.36. The van der Waals surface area contributed by atoms with Gasteiger partial charge in [-0.2, -0.15) is 8.42 Å². The van der Waals surface area contributed by atoms with Crippen LogP contribution in [0.1, 0.15) is 46.0 Å². The lowest BCUT2D eigenvalue weighted by atomic mass is 9.77. The lowest BCUT2D eigenvalue weighted by Gasteiger charge is -2.31. The molecule has 1 unspecified atom stereocenters. The third-order valence-corrected chi connectivity index (χ3v) is 5.89. The van der Waals surface area contributed by atoms with Crippen LogP contribution in [0.25, 0.3) is 0 Å². The number of aldehydes is 1. The largest absolute Gasteiger partial charge is 0.300 e. The molecule has 1 aromatic carbocycles. The van der Waals surface area contributed by atoms with E-state index in [0.29, 0.717) is 18.1 Å². The maximum absolute atomic E-state index is 12.3. The minimum atomic E-state index is -3.88. The van der Waals surface area contributed by atoms with E-state index in [9.17, 15) is 13.2 Å². The van der Waals surface area contributed by atoms with Gasteiger partial charge >= 0.3 is 0 Å². The highest BCUT2D eigenvalue weighted by atomic mass is 32.2. The molecule has 1 fully saturated rings. The van der Waals surface area contributed by atoms with Crippen LogP contribution < -0.4 is 0 Å². The molecule has 1 saturated carbocycles. The number of carbonyl (C=O) groups excluding carboxylic acids is 1. The lowest BCUT2D eigenvalue weighted by Crippen LogP contribution is -2.31. The minimum absolute atomic E-state index is 0.00519. The van der Waals surface area contributed by atoms with Crippen molar-refractivity contribution in [2.24, 2.45) is 17.8 Å². The summed E-state index contributed by atoms with van der Waals surface area (Å²) in [6, 6.07) is 7.99. The fraction of sp³-hybridized carbons (Fsp3) is 0.611. The van der Waals surface area contributed by atoms with E-state index in [-0.39, 0.29) is 10.8 Å². The molecule has 1 aliphatic rings. The average molecular weight is 338 g/mol. The summed E-state index contributed by atoms with van der Waals surface area (Å²) in [5.41, 5.74) is 0. The Balaban J connectivity index is 1.97. The molecule has 23 heavy (non-hydrogen) atoms. The molecule has 1 aromatic rings. The van der Waals surface area contributed by atoms with E-state index in [1.807, 2.05) is 0 Å². The zero-order chi connectivity index (χ0) is 16.9. The monoisotopic (exact) mass is 338 g/mol. The van der Waals surface area contributed by atoms with Gasteiger partial charge in [0, 0.05) is 0 Å². The molecule has 0 aliphatic heterocycles. The quantitative estimate of drug-likeness (QED) is 0.560. The van der Waals surface area contributed by atoms with Crippen LogP contribution in [-0.4, -0.2) is 20.8 Å². The molecule has 1 atom stereocenters. The van der Waals surface area contributed by atoms with Gasteiger partial charge in [0.25, 0.3) is 10.1 Å². The van der Waals surface area contributed by atoms with Crippen LogP contribution in [0.4, 0.5) is 0 Å². The molecular formula is C18H26O4S. The summed E-state index contributed by atoms with van der Waals surface area (Å²) in [6.07, 6.45) is 4.76. The molecule has 5 heteroatoms. The van der Waals surface area contributed by atoms with Gasteiger partial charge in [-0.05, 0) is 49.1 Å². The molecule has 0 bridgehead atoms. The summed E-state index contributed by atoms with van der Waals surface area (Å²) in [5, 5.41) is 0. The van der Waals surface area contributed by atoms with Crippen molar-refractivity contribution in [2.75, 3.05) is 0 Å². The second kappa shape index (κ2) is 8.06. The highest BCUT2D eigenvalue weighted by Crippen LogP contribution is 2.35. The molecule has 0 aromatic heterocycles. The summed E-state index contributed by atoms with van der Waals surface area (Å²) in [6.45, 7) is 4.44. The Morgan fingerprint density at radius 1 is 1.13 bits per heavy atom. The van der Waals surface area contributed by atoms with Crippen LogP contribution in [0.5, 0.6) is 0 Å². The molecule has 0 heterocycles. The first-order valence-corrected chi connectivity index (χ1v) is 9.77. The highest BCUT2D eigenvalue weighted by Gasteiger charge is 2.32. The van der Waals surface area contributed by atoms with E-state index in [1.54, 1.807) is 18.2 Å². The van der Waals surface area contributed by atoms with Gasteiger partial charge in [0.05, 0.1) is 4.90 Å². The fourth-order valence-electron chi connectivity index (χ4n) is 3.42. The van der Waals surface area contributed by atoms with Crippen LogP contribution >= 0.6 is 0 Å². The van der Waals surface area contributed by atoms with Crippen molar-refractivity contribution in [3.05, 3.63) is 30.3 Å². The molecular weight excluding hydrogens is 312 g/mol. The van der Waals surface area contributed by atoms with Crippen LogP contribution in [-0.2, 0) is 19.1 Å². The SMILES string of the molecule is CC(C)CC1CCC(C(C=O)OS(=O)(=O)c2ccccc2)CC1. The zero-order valence-electron chi connectivity index (χ0n) is 13.9. The highest BCUT2D eigenvalue weighted by molar-refractivity contribution is 7.86. The lowest BCUT2D eigenvalue weighted by molar-refractivity contribution is -0.116. The van der Waals surface area contributed by atoms with Crippen LogP contribution in [0.2, 0.25) is 0 Å². The smallest absolute Gasteiger partial charge is 0.297 e. The summed E-state index contributed by atoms with van der Waals surface area (Å²) in [4.78, 5) is 11.5. The van der Waals surface area contributed by atoms with E-state index in [0.717, 1.165) is 25.7 Å². The third kappa shape index (κ3) is 5.15. The number of benzene rings is 1. The zero-order valence-corrected chi connectivity index (χ0v) is 14.7. The van der Waals surface area contributed by atoms with Crippen molar-refractivity contribution in [1.29, 1.82) is 0 Å². The molecule has 128 valence electrons. The molecule has 2 rings (SSSR count). The molecule has 4 nitrogen and oxygen atoms in total. The molecule has 1 aliphatic carbocycles. The predicted molar refractivity (Wildman–Crippen MR) is 89.5 cm³/mol. The van der Waals surface area contributed by atoms with Gasteiger partial charge in [-0.25, -0.2) is 0 Å². The summed E-state index contributed by atoms with van der Waals surface area (Å²) in [5.74, 6) is 1.35. The Hall–Kier alpha value is -1.20. The van der Waals surface area contributed by atoms with E-state index in [4.69, 9.17) is 4.18 Å². The molecule has 0 N–H and O–H groups in total. The number of rotatable bonds is 7. The molecule has 0 spiro atoms. The van der Waals surface area contributed by atoms with Gasteiger partial charge < -0.3 is 4.79 Å². The van der Waals surface area contributed by atoms with Crippen molar-refractivity contribution in [3.8, 4) is 0 Å². The minimum Gasteiger partial charge on any atom is -0.300 e. The predicted octanol–water partition coefficient (Wildman–Crippen LogP) is 3.81. The average Bonchev–Trinajstić information content (AvgIpc) is 2.54. The number of hydrogen-bond donors (Lipinski definition) is 0. The van der Waals surface area contributed by atoms with Gasteiger partial charge in [-0.1, -0.05) is 44.9 Å². The first-order chi connectivity index (χ1) is 10.9. The molecule has 0 amide bonds. The summed E-state index contributed by atoms with van der Waals surface area (Å²) < 4.78 is 29.8. The van der Waals surface area contributed by atoms with Gasteiger partial charge in [-0.3, -0.25) is 4.18 Å².